The Morgan fingerprint density at radius 2 is 2.00 bits per heavy atom. The van der Waals surface area contributed by atoms with E-state index >= 15 is 0 Å². The van der Waals surface area contributed by atoms with Crippen LogP contribution in [0, 0.1) is 10.1 Å². The Labute approximate surface area is 132 Å². The van der Waals surface area contributed by atoms with Crippen LogP contribution in [0.2, 0.25) is 0 Å². The molecule has 0 amide bonds. The van der Waals surface area contributed by atoms with Gasteiger partial charge >= 0.3 is 13.8 Å². The molecule has 1 aromatic carbocycles. The monoisotopic (exact) mass is 349 g/mol. The number of quaternary nitrogens is 1. The van der Waals surface area contributed by atoms with Crippen molar-refractivity contribution in [1.82, 2.24) is 0 Å². The average molecular weight is 349 g/mol. The first-order valence-corrected chi connectivity index (χ1v) is 7.90. The number of carboxylic acid groups (broad SMARTS) is 1. The fraction of sp³-hybridized carbons (Fsp3) is 0.417. The molecule has 0 spiro atoms. The number of nitro groups is 1. The molecule has 0 saturated carbocycles. The van der Waals surface area contributed by atoms with E-state index in [1.165, 1.54) is 0 Å². The number of hydrogen-bond donors (Lipinski definition) is 2. The summed E-state index contributed by atoms with van der Waals surface area (Å²) >= 11 is 0. The van der Waals surface area contributed by atoms with Gasteiger partial charge in [0.2, 0.25) is 0 Å². The molecule has 0 bridgehead atoms. The highest BCUT2D eigenvalue weighted by molar-refractivity contribution is 7.47. The number of rotatable bonds is 8. The highest BCUT2D eigenvalue weighted by Crippen LogP contribution is 2.44. The second-order valence-electron chi connectivity index (χ2n) is 5.65. The van der Waals surface area contributed by atoms with Gasteiger partial charge in [-0.25, -0.2) is 9.36 Å². The number of carboxylic acids is 1. The standard InChI is InChI=1S/C12H17N2O8P/c1-14(2,3)6-7-21-23(19,20)22-9-4-5-11(13(17)18)10(8-9)12(15)16/h4-5,8H,6-7H2,1-3H3,(H-,15,16,19,20)/p+1. The molecule has 2 N–H and O–H groups in total. The molecule has 10 nitrogen and oxygen atoms in total. The zero-order valence-corrected chi connectivity index (χ0v) is 13.7. The molecule has 1 atom stereocenters. The van der Waals surface area contributed by atoms with Crippen molar-refractivity contribution in [3.05, 3.63) is 33.9 Å². The minimum absolute atomic E-state index is 0.0595. The van der Waals surface area contributed by atoms with Gasteiger partial charge in [0, 0.05) is 12.1 Å². The largest absolute Gasteiger partial charge is 0.527 e. The van der Waals surface area contributed by atoms with Gasteiger partial charge in [0.1, 0.15) is 24.5 Å². The van der Waals surface area contributed by atoms with Crippen molar-refractivity contribution in [2.45, 2.75) is 0 Å². The second kappa shape index (κ2) is 7.05. The molecule has 0 fully saturated rings. The molecule has 0 aromatic heterocycles. The van der Waals surface area contributed by atoms with Crippen molar-refractivity contribution in [3.8, 4) is 5.75 Å². The molecule has 0 saturated heterocycles. The van der Waals surface area contributed by atoms with Crippen molar-refractivity contribution in [3.63, 3.8) is 0 Å². The summed E-state index contributed by atoms with van der Waals surface area (Å²) in [5.74, 6) is -1.87. The third kappa shape index (κ3) is 6.33. The first-order chi connectivity index (χ1) is 10.4. The van der Waals surface area contributed by atoms with Crippen LogP contribution in [0.4, 0.5) is 5.69 Å². The van der Waals surface area contributed by atoms with E-state index in [1.807, 2.05) is 21.1 Å². The number of carbonyl (C=O) groups is 1. The maximum absolute atomic E-state index is 11.8. The minimum atomic E-state index is -4.46. The van der Waals surface area contributed by atoms with Crippen LogP contribution in [0.5, 0.6) is 5.75 Å². The Morgan fingerprint density at radius 3 is 2.48 bits per heavy atom. The number of likely N-dealkylation sites (N-methyl/N-ethyl adjacent to an activating group) is 1. The summed E-state index contributed by atoms with van der Waals surface area (Å²) in [6, 6.07) is 2.70. The van der Waals surface area contributed by atoms with E-state index in [4.69, 9.17) is 14.2 Å². The number of phosphoric acid groups is 1. The highest BCUT2D eigenvalue weighted by Gasteiger charge is 2.27. The van der Waals surface area contributed by atoms with Gasteiger partial charge in [-0.15, -0.1) is 0 Å². The smallest absolute Gasteiger partial charge is 0.477 e. The Bertz CT molecular complexity index is 655. The van der Waals surface area contributed by atoms with E-state index in [0.29, 0.717) is 11.0 Å². The number of phosphoric ester groups is 1. The van der Waals surface area contributed by atoms with Crippen LogP contribution >= 0.6 is 7.82 Å². The van der Waals surface area contributed by atoms with Crippen LogP contribution in [-0.4, -0.2) is 59.7 Å². The van der Waals surface area contributed by atoms with Gasteiger partial charge in [-0.1, -0.05) is 0 Å². The van der Waals surface area contributed by atoms with E-state index < -0.39 is 30.0 Å². The van der Waals surface area contributed by atoms with Crippen LogP contribution < -0.4 is 4.52 Å². The van der Waals surface area contributed by atoms with Crippen LogP contribution in [0.25, 0.3) is 0 Å². The average Bonchev–Trinajstić information content (AvgIpc) is 2.35. The van der Waals surface area contributed by atoms with Crippen LogP contribution in [-0.2, 0) is 9.09 Å². The van der Waals surface area contributed by atoms with Crippen molar-refractivity contribution in [2.24, 2.45) is 0 Å². The number of benzene rings is 1. The lowest BCUT2D eigenvalue weighted by atomic mass is 10.2. The van der Waals surface area contributed by atoms with Gasteiger partial charge in [0.15, 0.2) is 0 Å². The van der Waals surface area contributed by atoms with E-state index in [-0.39, 0.29) is 12.4 Å². The lowest BCUT2D eigenvalue weighted by Crippen LogP contribution is -2.37. The topological polar surface area (TPSA) is 136 Å². The molecular formula is C12H18N2O8P+. The number of hydrogen-bond acceptors (Lipinski definition) is 6. The molecule has 0 aliphatic carbocycles. The Morgan fingerprint density at radius 1 is 1.39 bits per heavy atom. The van der Waals surface area contributed by atoms with Crippen LogP contribution in [0.1, 0.15) is 10.4 Å². The molecule has 1 unspecified atom stereocenters. The molecule has 0 heterocycles. The fourth-order valence-electron chi connectivity index (χ4n) is 1.49. The summed E-state index contributed by atoms with van der Waals surface area (Å²) in [5, 5.41) is 19.7. The molecule has 0 aliphatic rings. The summed E-state index contributed by atoms with van der Waals surface area (Å²) in [6.07, 6.45) is 0. The number of nitro benzene ring substituents is 1. The first kappa shape index (κ1) is 19.0. The van der Waals surface area contributed by atoms with Gasteiger partial charge in [0.25, 0.3) is 5.69 Å². The van der Waals surface area contributed by atoms with E-state index in [0.717, 1.165) is 18.2 Å². The lowest BCUT2D eigenvalue weighted by Gasteiger charge is -2.24. The number of nitrogens with zero attached hydrogens (tertiary/aromatic N) is 2. The predicted octanol–water partition coefficient (Wildman–Crippen LogP) is 1.49. The summed E-state index contributed by atoms with van der Waals surface area (Å²) in [7, 11) is 1.13. The summed E-state index contributed by atoms with van der Waals surface area (Å²) in [6.45, 7) is 0.380. The van der Waals surface area contributed by atoms with Gasteiger partial charge in [-0.05, 0) is 6.07 Å². The zero-order valence-electron chi connectivity index (χ0n) is 12.8. The van der Waals surface area contributed by atoms with Gasteiger partial charge < -0.3 is 14.1 Å². The van der Waals surface area contributed by atoms with E-state index in [2.05, 4.69) is 0 Å². The Kier molecular flexibility index (Phi) is 5.84. The van der Waals surface area contributed by atoms with Crippen molar-refractivity contribution in [1.29, 1.82) is 0 Å². The molecular weight excluding hydrogens is 331 g/mol. The third-order valence-electron chi connectivity index (χ3n) is 2.63. The second-order valence-corrected chi connectivity index (χ2v) is 7.03. The molecule has 1 rings (SSSR count). The van der Waals surface area contributed by atoms with E-state index in [1.54, 1.807) is 0 Å². The van der Waals surface area contributed by atoms with Crippen LogP contribution in [0.3, 0.4) is 0 Å². The molecule has 11 heteroatoms. The van der Waals surface area contributed by atoms with Gasteiger partial charge in [-0.3, -0.25) is 19.5 Å². The number of aromatic carboxylic acids is 1. The molecule has 1 aromatic rings. The lowest BCUT2D eigenvalue weighted by molar-refractivity contribution is -0.870. The summed E-state index contributed by atoms with van der Waals surface area (Å²) < 4.78 is 21.8. The summed E-state index contributed by atoms with van der Waals surface area (Å²) in [4.78, 5) is 30.5. The molecule has 128 valence electrons. The van der Waals surface area contributed by atoms with Crippen molar-refractivity contribution in [2.75, 3.05) is 34.3 Å². The van der Waals surface area contributed by atoms with Crippen LogP contribution in [0.15, 0.2) is 18.2 Å². The van der Waals surface area contributed by atoms with Gasteiger partial charge in [0.05, 0.1) is 26.1 Å². The third-order valence-corrected chi connectivity index (χ3v) is 3.58. The molecule has 0 aliphatic heterocycles. The van der Waals surface area contributed by atoms with Crippen molar-refractivity contribution < 1.29 is 37.8 Å². The first-order valence-electron chi connectivity index (χ1n) is 6.40. The Balaban J connectivity index is 2.87. The maximum atomic E-state index is 11.8. The normalized spacial score (nSPS) is 14.1. The maximum Gasteiger partial charge on any atom is 0.527 e. The quantitative estimate of drug-likeness (QED) is 0.312. The van der Waals surface area contributed by atoms with E-state index in [9.17, 15) is 24.4 Å². The van der Waals surface area contributed by atoms with Gasteiger partial charge in [-0.2, -0.15) is 0 Å². The highest BCUT2D eigenvalue weighted by atomic mass is 31.2. The predicted molar refractivity (Wildman–Crippen MR) is 79.4 cm³/mol. The zero-order chi connectivity index (χ0) is 17.8. The fourth-order valence-corrected chi connectivity index (χ4v) is 2.24. The summed E-state index contributed by atoms with van der Waals surface area (Å²) in [5.41, 5.74) is -1.30. The SMILES string of the molecule is C[N+](C)(C)CCOP(=O)(O)Oc1ccc([N+](=O)[O-])c(C(=O)O)c1. The minimum Gasteiger partial charge on any atom is -0.477 e. The van der Waals surface area contributed by atoms with Crippen molar-refractivity contribution >= 4 is 19.5 Å². The molecule has 0 radical (unpaired) electrons. The Hall–Kier alpha value is -2.00. The molecule has 23 heavy (non-hydrogen) atoms.